The monoisotopic (exact) mass is 252 g/mol. The van der Waals surface area contributed by atoms with Crippen molar-refractivity contribution in [1.29, 1.82) is 0 Å². The Balaban J connectivity index is 2.54. The number of allylic oxidation sites excluding steroid dienone is 1. The Bertz CT molecular complexity index is 539. The van der Waals surface area contributed by atoms with E-state index in [4.69, 9.17) is 0 Å². The van der Waals surface area contributed by atoms with Crippen molar-refractivity contribution in [2.45, 2.75) is 20.0 Å². The van der Waals surface area contributed by atoms with E-state index >= 15 is 0 Å². The molecule has 0 amide bonds. The number of hydrogen-bond donors (Lipinski definition) is 0. The first-order chi connectivity index (χ1) is 8.66. The number of benzene rings is 2. The smallest absolute Gasteiger partial charge is 0.0871 e. The summed E-state index contributed by atoms with van der Waals surface area (Å²) in [5, 5.41) is 3.00. The Labute approximate surface area is 111 Å². The molecule has 0 aliphatic carbocycles. The van der Waals surface area contributed by atoms with E-state index in [9.17, 15) is 0 Å². The summed E-state index contributed by atoms with van der Waals surface area (Å²) < 4.78 is 0. The summed E-state index contributed by atoms with van der Waals surface area (Å²) in [7, 11) is -1.59. The van der Waals surface area contributed by atoms with Crippen molar-refractivity contribution in [2.75, 3.05) is 0 Å². The molecule has 1 heteroatoms. The molecule has 0 saturated heterocycles. The third kappa shape index (κ3) is 2.46. The van der Waals surface area contributed by atoms with Gasteiger partial charge in [-0.25, -0.2) is 0 Å². The first-order valence-electron chi connectivity index (χ1n) is 6.44. The molecule has 0 heterocycles. The van der Waals surface area contributed by atoms with Crippen molar-refractivity contribution in [3.8, 4) is 0 Å². The van der Waals surface area contributed by atoms with Crippen LogP contribution in [0.25, 0.3) is 6.08 Å². The van der Waals surface area contributed by atoms with Gasteiger partial charge in [0.15, 0.2) is 0 Å². The van der Waals surface area contributed by atoms with Gasteiger partial charge in [0.05, 0.1) is 0 Å². The Morgan fingerprint density at radius 1 is 0.833 bits per heavy atom. The van der Waals surface area contributed by atoms with Crippen LogP contribution in [0.2, 0.25) is 13.1 Å². The molecule has 0 spiro atoms. The number of hydrogen-bond acceptors (Lipinski definition) is 0. The summed E-state index contributed by atoms with van der Waals surface area (Å²) in [6, 6.07) is 19.7. The third-order valence-corrected chi connectivity index (χ3v) is 7.05. The molecule has 0 radical (unpaired) electrons. The van der Waals surface area contributed by atoms with Crippen LogP contribution in [0.3, 0.4) is 0 Å². The molecule has 18 heavy (non-hydrogen) atoms. The van der Waals surface area contributed by atoms with Gasteiger partial charge in [0.25, 0.3) is 0 Å². The van der Waals surface area contributed by atoms with Crippen LogP contribution in [0.4, 0.5) is 0 Å². The quantitative estimate of drug-likeness (QED) is 0.733. The van der Waals surface area contributed by atoms with E-state index in [1.807, 2.05) is 0 Å². The normalized spacial score (nSPS) is 11.9. The van der Waals surface area contributed by atoms with Gasteiger partial charge >= 0.3 is 0 Å². The van der Waals surface area contributed by atoms with Gasteiger partial charge in [-0.05, 0) is 17.7 Å². The summed E-state index contributed by atoms with van der Waals surface area (Å²) in [4.78, 5) is 0. The van der Waals surface area contributed by atoms with E-state index in [0.717, 1.165) is 0 Å². The van der Waals surface area contributed by atoms with Crippen molar-refractivity contribution >= 4 is 24.5 Å². The van der Waals surface area contributed by atoms with Crippen LogP contribution < -0.4 is 10.4 Å². The van der Waals surface area contributed by atoms with E-state index in [1.165, 1.54) is 15.9 Å². The molecule has 0 N–H and O–H groups in total. The first-order valence-corrected chi connectivity index (χ1v) is 9.44. The van der Waals surface area contributed by atoms with Crippen molar-refractivity contribution < 1.29 is 0 Å². The molecule has 0 unspecified atom stereocenters. The molecule has 0 aliphatic rings. The zero-order chi connectivity index (χ0) is 13.0. The molecule has 2 aromatic carbocycles. The van der Waals surface area contributed by atoms with Gasteiger partial charge in [-0.2, -0.15) is 0 Å². The highest BCUT2D eigenvalue weighted by atomic mass is 28.3. The van der Waals surface area contributed by atoms with Gasteiger partial charge in [-0.1, -0.05) is 85.0 Å². The lowest BCUT2D eigenvalue weighted by molar-refractivity contribution is 1.63. The largest absolute Gasteiger partial charge is 0.112 e. The van der Waals surface area contributed by atoms with E-state index in [-0.39, 0.29) is 0 Å². The molecule has 92 valence electrons. The fourth-order valence-corrected chi connectivity index (χ4v) is 5.14. The van der Waals surface area contributed by atoms with E-state index < -0.39 is 8.07 Å². The van der Waals surface area contributed by atoms with Crippen molar-refractivity contribution in [2.24, 2.45) is 0 Å². The lowest BCUT2D eigenvalue weighted by Gasteiger charge is -2.25. The maximum Gasteiger partial charge on any atom is 0.112 e. The van der Waals surface area contributed by atoms with Crippen molar-refractivity contribution in [3.63, 3.8) is 0 Å². The predicted octanol–water partition coefficient (Wildman–Crippen LogP) is 3.54. The van der Waals surface area contributed by atoms with Gasteiger partial charge in [-0.3, -0.25) is 0 Å². The Hall–Kier alpha value is -1.60. The van der Waals surface area contributed by atoms with Crippen LogP contribution in [0, 0.1) is 0 Å². The van der Waals surface area contributed by atoms with Crippen LogP contribution in [0.5, 0.6) is 0 Å². The summed E-state index contributed by atoms with van der Waals surface area (Å²) in [6.45, 7) is 6.92. The summed E-state index contributed by atoms with van der Waals surface area (Å²) >= 11 is 0. The lowest BCUT2D eigenvalue weighted by atomic mass is 10.2. The third-order valence-electron chi connectivity index (χ3n) is 3.48. The fourth-order valence-electron chi connectivity index (χ4n) is 2.40. The molecule has 0 bridgehead atoms. The van der Waals surface area contributed by atoms with Crippen molar-refractivity contribution in [1.82, 2.24) is 0 Å². The van der Waals surface area contributed by atoms with Gasteiger partial charge in [-0.15, -0.1) is 0 Å². The minimum absolute atomic E-state index is 1.36. The van der Waals surface area contributed by atoms with Crippen LogP contribution >= 0.6 is 0 Å². The van der Waals surface area contributed by atoms with Gasteiger partial charge in [0.2, 0.25) is 0 Å². The van der Waals surface area contributed by atoms with E-state index in [1.54, 1.807) is 0 Å². The Morgan fingerprint density at radius 2 is 1.44 bits per heavy atom. The average Bonchev–Trinajstić information content (AvgIpc) is 2.41. The predicted molar refractivity (Wildman–Crippen MR) is 84.3 cm³/mol. The fraction of sp³-hybridized carbons (Fsp3) is 0.176. The Kier molecular flexibility index (Phi) is 3.83. The minimum Gasteiger partial charge on any atom is -0.0871 e. The standard InChI is InChI=1S/C17H20Si/c1-4-10-15-11-8-9-14-17(15)18(2,3)16-12-6-5-7-13-16/h4-14H,1-3H3/b10-4+. The lowest BCUT2D eigenvalue weighted by Crippen LogP contribution is -2.53. The van der Waals surface area contributed by atoms with Crippen LogP contribution in [0.15, 0.2) is 60.7 Å². The van der Waals surface area contributed by atoms with Crippen LogP contribution in [-0.4, -0.2) is 8.07 Å². The molecular formula is C17H20Si. The summed E-state index contributed by atoms with van der Waals surface area (Å²) in [5.41, 5.74) is 1.36. The molecule has 0 fully saturated rings. The van der Waals surface area contributed by atoms with Gasteiger partial charge in [0, 0.05) is 0 Å². The Morgan fingerprint density at radius 3 is 2.11 bits per heavy atom. The molecular weight excluding hydrogens is 232 g/mol. The molecule has 2 aromatic rings. The molecule has 2 rings (SSSR count). The second-order valence-electron chi connectivity index (χ2n) is 5.08. The summed E-state index contributed by atoms with van der Waals surface area (Å²) in [6.07, 6.45) is 4.33. The minimum atomic E-state index is -1.59. The zero-order valence-corrected chi connectivity index (χ0v) is 12.4. The van der Waals surface area contributed by atoms with E-state index in [2.05, 4.69) is 86.8 Å². The van der Waals surface area contributed by atoms with Gasteiger partial charge in [0.1, 0.15) is 8.07 Å². The van der Waals surface area contributed by atoms with Crippen molar-refractivity contribution in [3.05, 3.63) is 66.2 Å². The molecule has 0 aliphatic heterocycles. The topological polar surface area (TPSA) is 0 Å². The molecule has 0 saturated carbocycles. The molecule has 0 aromatic heterocycles. The highest BCUT2D eigenvalue weighted by molar-refractivity contribution is 7.00. The average molecular weight is 252 g/mol. The highest BCUT2D eigenvalue weighted by Gasteiger charge is 2.27. The van der Waals surface area contributed by atoms with Crippen LogP contribution in [-0.2, 0) is 0 Å². The SMILES string of the molecule is C/C=C/c1ccccc1[Si](C)(C)c1ccccc1. The maximum atomic E-state index is 2.42. The van der Waals surface area contributed by atoms with Crippen LogP contribution in [0.1, 0.15) is 12.5 Å². The highest BCUT2D eigenvalue weighted by Crippen LogP contribution is 2.10. The second-order valence-corrected chi connectivity index (χ2v) is 9.44. The molecule has 0 nitrogen and oxygen atoms in total. The number of rotatable bonds is 3. The maximum absolute atomic E-state index is 2.42. The summed E-state index contributed by atoms with van der Waals surface area (Å²) in [5.74, 6) is 0. The van der Waals surface area contributed by atoms with Gasteiger partial charge < -0.3 is 0 Å². The second kappa shape index (κ2) is 5.36. The zero-order valence-electron chi connectivity index (χ0n) is 11.4. The molecule has 0 atom stereocenters. The van der Waals surface area contributed by atoms with E-state index in [0.29, 0.717) is 0 Å². The first kappa shape index (κ1) is 12.8.